The van der Waals surface area contributed by atoms with E-state index in [4.69, 9.17) is 4.74 Å². The fraction of sp³-hybridized carbons (Fsp3) is 0.238. The fourth-order valence-electron chi connectivity index (χ4n) is 3.36. The van der Waals surface area contributed by atoms with E-state index in [2.05, 4.69) is 18.0 Å². The summed E-state index contributed by atoms with van der Waals surface area (Å²) in [5.74, 6) is 0.779. The van der Waals surface area contributed by atoms with Crippen molar-refractivity contribution < 1.29 is 9.53 Å². The Morgan fingerprint density at radius 3 is 2.73 bits per heavy atom. The molecule has 4 nitrogen and oxygen atoms in total. The predicted octanol–water partition coefficient (Wildman–Crippen LogP) is 4.80. The molecule has 0 N–H and O–H groups in total. The zero-order valence-electron chi connectivity index (χ0n) is 14.8. The Bertz CT molecular complexity index is 933. The molecule has 0 aliphatic carbocycles. The van der Waals surface area contributed by atoms with E-state index in [-0.39, 0.29) is 11.9 Å². The van der Waals surface area contributed by atoms with Crippen LogP contribution in [0.2, 0.25) is 0 Å². The quantitative estimate of drug-likeness (QED) is 0.670. The van der Waals surface area contributed by atoms with Gasteiger partial charge in [-0.3, -0.25) is 4.79 Å². The van der Waals surface area contributed by atoms with Crippen molar-refractivity contribution in [3.8, 4) is 16.3 Å². The van der Waals surface area contributed by atoms with Crippen molar-refractivity contribution in [3.05, 3.63) is 65.2 Å². The molecule has 26 heavy (non-hydrogen) atoms. The highest BCUT2D eigenvalue weighted by molar-refractivity contribution is 7.13. The third-order valence-corrected chi connectivity index (χ3v) is 5.69. The highest BCUT2D eigenvalue weighted by Crippen LogP contribution is 2.33. The van der Waals surface area contributed by atoms with Crippen molar-refractivity contribution >= 4 is 22.9 Å². The average Bonchev–Trinajstić information content (AvgIpc) is 3.18. The van der Waals surface area contributed by atoms with E-state index in [0.29, 0.717) is 5.69 Å². The molecule has 0 spiro atoms. The smallest absolute Gasteiger partial charge is 0.278 e. The lowest BCUT2D eigenvalue weighted by Gasteiger charge is -2.34. The maximum Gasteiger partial charge on any atom is 0.278 e. The van der Waals surface area contributed by atoms with Gasteiger partial charge in [0.1, 0.15) is 16.5 Å². The van der Waals surface area contributed by atoms with Crippen LogP contribution in [0.3, 0.4) is 0 Å². The Kier molecular flexibility index (Phi) is 4.47. The Balaban J connectivity index is 1.64. The van der Waals surface area contributed by atoms with Gasteiger partial charge >= 0.3 is 0 Å². The number of aromatic nitrogens is 1. The molecule has 0 saturated heterocycles. The lowest BCUT2D eigenvalue weighted by atomic mass is 9.96. The first kappa shape index (κ1) is 16.8. The number of carbonyl (C=O) groups excluding carboxylic acids is 1. The molecule has 1 aromatic heterocycles. The minimum Gasteiger partial charge on any atom is -0.497 e. The average molecular weight is 364 g/mol. The molecule has 1 aliphatic heterocycles. The predicted molar refractivity (Wildman–Crippen MR) is 105 cm³/mol. The summed E-state index contributed by atoms with van der Waals surface area (Å²) in [5, 5.41) is 2.69. The summed E-state index contributed by atoms with van der Waals surface area (Å²) in [4.78, 5) is 19.7. The molecule has 0 saturated carbocycles. The second-order valence-corrected chi connectivity index (χ2v) is 7.32. The minimum atomic E-state index is -0.0272. The van der Waals surface area contributed by atoms with Crippen molar-refractivity contribution in [2.75, 3.05) is 12.0 Å². The number of rotatable bonds is 3. The maximum absolute atomic E-state index is 13.2. The Morgan fingerprint density at radius 1 is 1.19 bits per heavy atom. The molecule has 2 aromatic carbocycles. The van der Waals surface area contributed by atoms with Crippen molar-refractivity contribution in [1.29, 1.82) is 0 Å². The lowest BCUT2D eigenvalue weighted by Crippen LogP contribution is -2.42. The lowest BCUT2D eigenvalue weighted by molar-refractivity contribution is 0.0971. The molecule has 132 valence electrons. The number of para-hydroxylation sites is 1. The van der Waals surface area contributed by atoms with Gasteiger partial charge in [-0.15, -0.1) is 11.3 Å². The Labute approximate surface area is 157 Å². The van der Waals surface area contributed by atoms with Gasteiger partial charge in [0.15, 0.2) is 0 Å². The SMILES string of the molecule is COc1ccc(-c2nc(C(=O)N3c4ccccc4CC[C@@H]3C)cs2)cc1. The summed E-state index contributed by atoms with van der Waals surface area (Å²) in [6.07, 6.45) is 1.98. The van der Waals surface area contributed by atoms with Crippen LogP contribution in [0, 0.1) is 0 Å². The molecule has 2 heterocycles. The fourth-order valence-corrected chi connectivity index (χ4v) is 4.16. The topological polar surface area (TPSA) is 42.4 Å². The number of anilines is 1. The van der Waals surface area contributed by atoms with Crippen molar-refractivity contribution in [1.82, 2.24) is 4.98 Å². The van der Waals surface area contributed by atoms with Crippen molar-refractivity contribution in [2.24, 2.45) is 0 Å². The standard InChI is InChI=1S/C21H20N2O2S/c1-14-7-8-15-5-3-4-6-19(15)23(14)21(24)18-13-26-20(22-18)16-9-11-17(25-2)12-10-16/h3-6,9-14H,7-8H2,1-2H3/t14-/m0/s1. The first-order valence-corrected chi connectivity index (χ1v) is 9.57. The third-order valence-electron chi connectivity index (χ3n) is 4.80. The number of thiazole rings is 1. The summed E-state index contributed by atoms with van der Waals surface area (Å²) in [6, 6.07) is 16.1. The van der Waals surface area contributed by atoms with Crippen LogP contribution in [0.5, 0.6) is 5.75 Å². The van der Waals surface area contributed by atoms with E-state index >= 15 is 0 Å². The van der Waals surface area contributed by atoms with Gasteiger partial charge in [-0.05, 0) is 55.7 Å². The van der Waals surface area contributed by atoms with Crippen LogP contribution in [0.1, 0.15) is 29.4 Å². The van der Waals surface area contributed by atoms with Gasteiger partial charge in [-0.2, -0.15) is 0 Å². The number of methoxy groups -OCH3 is 1. The number of ether oxygens (including phenoxy) is 1. The van der Waals surface area contributed by atoms with Crippen LogP contribution >= 0.6 is 11.3 Å². The van der Waals surface area contributed by atoms with Crippen LogP contribution in [0.25, 0.3) is 10.6 Å². The van der Waals surface area contributed by atoms with Gasteiger partial charge in [0.25, 0.3) is 5.91 Å². The van der Waals surface area contributed by atoms with Gasteiger partial charge < -0.3 is 9.64 Å². The van der Waals surface area contributed by atoms with Crippen LogP contribution in [-0.2, 0) is 6.42 Å². The van der Waals surface area contributed by atoms with Crippen molar-refractivity contribution in [2.45, 2.75) is 25.8 Å². The van der Waals surface area contributed by atoms with Gasteiger partial charge in [0.2, 0.25) is 0 Å². The molecule has 3 aromatic rings. The normalized spacial score (nSPS) is 16.2. The maximum atomic E-state index is 13.2. The zero-order chi connectivity index (χ0) is 18.1. The van der Waals surface area contributed by atoms with E-state index < -0.39 is 0 Å². The van der Waals surface area contributed by atoms with Crippen LogP contribution < -0.4 is 9.64 Å². The number of nitrogens with zero attached hydrogens (tertiary/aromatic N) is 2. The molecule has 0 radical (unpaired) electrons. The largest absolute Gasteiger partial charge is 0.497 e. The molecule has 0 bridgehead atoms. The highest BCUT2D eigenvalue weighted by atomic mass is 32.1. The summed E-state index contributed by atoms with van der Waals surface area (Å²) in [7, 11) is 1.65. The molecule has 4 rings (SSSR count). The Hall–Kier alpha value is -2.66. The first-order valence-electron chi connectivity index (χ1n) is 8.69. The van der Waals surface area contributed by atoms with Gasteiger partial charge in [0.05, 0.1) is 7.11 Å². The number of hydrogen-bond acceptors (Lipinski definition) is 4. The molecule has 0 fully saturated rings. The number of aryl methyl sites for hydroxylation is 1. The van der Waals surface area contributed by atoms with Crippen molar-refractivity contribution in [3.63, 3.8) is 0 Å². The van der Waals surface area contributed by atoms with Crippen LogP contribution in [0.15, 0.2) is 53.9 Å². The van der Waals surface area contributed by atoms with Crippen LogP contribution in [-0.4, -0.2) is 24.0 Å². The second kappa shape index (κ2) is 6.92. The number of hydrogen-bond donors (Lipinski definition) is 0. The molecular formula is C21H20N2O2S. The molecule has 1 amide bonds. The summed E-state index contributed by atoms with van der Waals surface area (Å²) < 4.78 is 5.20. The molecule has 0 unspecified atom stereocenters. The van der Waals surface area contributed by atoms with Gasteiger partial charge in [-0.1, -0.05) is 18.2 Å². The number of amides is 1. The Morgan fingerprint density at radius 2 is 1.96 bits per heavy atom. The third kappa shape index (κ3) is 2.99. The second-order valence-electron chi connectivity index (χ2n) is 6.46. The summed E-state index contributed by atoms with van der Waals surface area (Å²) >= 11 is 1.49. The van der Waals surface area contributed by atoms with Gasteiger partial charge in [-0.25, -0.2) is 4.98 Å². The van der Waals surface area contributed by atoms with Gasteiger partial charge in [0, 0.05) is 22.7 Å². The van der Waals surface area contributed by atoms with E-state index in [0.717, 1.165) is 34.8 Å². The van der Waals surface area contributed by atoms with E-state index in [1.807, 2.05) is 52.7 Å². The molecule has 5 heteroatoms. The molecule has 1 aliphatic rings. The van der Waals surface area contributed by atoms with E-state index in [1.54, 1.807) is 7.11 Å². The van der Waals surface area contributed by atoms with E-state index in [9.17, 15) is 4.79 Å². The number of fused-ring (bicyclic) bond motifs is 1. The summed E-state index contributed by atoms with van der Waals surface area (Å²) in [5.41, 5.74) is 3.73. The van der Waals surface area contributed by atoms with E-state index in [1.165, 1.54) is 16.9 Å². The highest BCUT2D eigenvalue weighted by Gasteiger charge is 2.30. The molecule has 1 atom stereocenters. The summed E-state index contributed by atoms with van der Waals surface area (Å²) in [6.45, 7) is 2.10. The minimum absolute atomic E-state index is 0.0272. The molecular weight excluding hydrogens is 344 g/mol. The first-order chi connectivity index (χ1) is 12.7. The zero-order valence-corrected chi connectivity index (χ0v) is 15.6. The monoisotopic (exact) mass is 364 g/mol. The number of carbonyl (C=O) groups is 1. The van der Waals surface area contributed by atoms with Crippen LogP contribution in [0.4, 0.5) is 5.69 Å². The number of benzene rings is 2.